The molecule has 3 heterocycles. The minimum absolute atomic E-state index is 0.0250. The summed E-state index contributed by atoms with van der Waals surface area (Å²) in [4.78, 5) is 41.5. The van der Waals surface area contributed by atoms with Gasteiger partial charge in [-0.3, -0.25) is 14.6 Å². The highest BCUT2D eigenvalue weighted by Gasteiger charge is 2.38. The minimum Gasteiger partial charge on any atom is -0.475 e. The number of aromatic amines is 1. The predicted octanol–water partition coefficient (Wildman–Crippen LogP) is 4.34. The van der Waals surface area contributed by atoms with E-state index in [4.69, 9.17) is 9.90 Å². The molecular weight excluding hydrogens is 489 g/mol. The van der Waals surface area contributed by atoms with Gasteiger partial charge in [-0.25, -0.2) is 4.79 Å². The van der Waals surface area contributed by atoms with E-state index in [1.54, 1.807) is 6.20 Å². The maximum Gasteiger partial charge on any atom is 0.490 e. The highest BCUT2D eigenvalue weighted by atomic mass is 19.4. The number of carbonyl (C=O) groups excluding carboxylic acids is 2. The lowest BCUT2D eigenvalue weighted by Gasteiger charge is -2.12. The molecule has 2 aromatic heterocycles. The molecule has 1 aliphatic carbocycles. The Balaban J connectivity index is 0.000000405. The lowest BCUT2D eigenvalue weighted by atomic mass is 10.0. The van der Waals surface area contributed by atoms with Crippen molar-refractivity contribution in [2.45, 2.75) is 44.3 Å². The highest BCUT2D eigenvalue weighted by Crippen LogP contribution is 2.27. The number of alkyl halides is 3. The minimum atomic E-state index is -5.08. The van der Waals surface area contributed by atoms with Crippen LogP contribution in [0.1, 0.15) is 52.1 Å². The summed E-state index contributed by atoms with van der Waals surface area (Å²) in [5.74, 6) is -2.82. The quantitative estimate of drug-likeness (QED) is 0.413. The van der Waals surface area contributed by atoms with Gasteiger partial charge in [0, 0.05) is 53.3 Å². The molecule has 0 spiro atoms. The third kappa shape index (κ3) is 6.35. The summed E-state index contributed by atoms with van der Waals surface area (Å²) in [5, 5.41) is 13.1. The van der Waals surface area contributed by atoms with Crippen LogP contribution in [0.5, 0.6) is 0 Å². The topological polar surface area (TPSA) is 124 Å². The van der Waals surface area contributed by atoms with Crippen molar-refractivity contribution in [1.29, 1.82) is 0 Å². The zero-order valence-electron chi connectivity index (χ0n) is 19.7. The Kier molecular flexibility index (Phi) is 7.61. The molecule has 0 atom stereocenters. The van der Waals surface area contributed by atoms with E-state index in [-0.39, 0.29) is 11.8 Å². The molecule has 2 aliphatic rings. The third-order valence-electron chi connectivity index (χ3n) is 6.23. The number of aliphatic carboxylic acids is 1. The van der Waals surface area contributed by atoms with Crippen LogP contribution in [0.4, 0.5) is 13.2 Å². The number of nitrogens with zero attached hydrogens (tertiary/aromatic N) is 1. The Labute approximate surface area is 210 Å². The van der Waals surface area contributed by atoms with Crippen LogP contribution in [0.15, 0.2) is 48.7 Å². The van der Waals surface area contributed by atoms with Crippen molar-refractivity contribution in [3.8, 4) is 22.5 Å². The molecule has 0 radical (unpaired) electrons. The summed E-state index contributed by atoms with van der Waals surface area (Å²) >= 11 is 0. The Bertz CT molecular complexity index is 1310. The summed E-state index contributed by atoms with van der Waals surface area (Å²) in [5.41, 5.74) is 5.88. The Morgan fingerprint density at radius 1 is 1.05 bits per heavy atom. The van der Waals surface area contributed by atoms with Crippen LogP contribution in [0.3, 0.4) is 0 Å². The SMILES string of the molecule is O=C(NC1CCCC1)c1cccc(-c2cc(-c3cc4c([nH]3)CCNC4=O)ccn2)c1.O=C(O)C(F)(F)F. The average molecular weight is 515 g/mol. The van der Waals surface area contributed by atoms with Crippen molar-refractivity contribution < 1.29 is 32.7 Å². The summed E-state index contributed by atoms with van der Waals surface area (Å²) < 4.78 is 31.7. The van der Waals surface area contributed by atoms with Crippen LogP contribution in [0, 0.1) is 0 Å². The largest absolute Gasteiger partial charge is 0.490 e. The van der Waals surface area contributed by atoms with E-state index in [1.165, 1.54) is 12.8 Å². The molecule has 1 fully saturated rings. The molecule has 0 bridgehead atoms. The Morgan fingerprint density at radius 2 is 1.78 bits per heavy atom. The smallest absolute Gasteiger partial charge is 0.475 e. The van der Waals surface area contributed by atoms with Crippen molar-refractivity contribution in [2.24, 2.45) is 0 Å². The van der Waals surface area contributed by atoms with Crippen LogP contribution in [0.25, 0.3) is 22.5 Å². The van der Waals surface area contributed by atoms with Crippen molar-refractivity contribution >= 4 is 17.8 Å². The van der Waals surface area contributed by atoms with Crippen LogP contribution in [-0.4, -0.2) is 51.6 Å². The molecule has 4 N–H and O–H groups in total. The summed E-state index contributed by atoms with van der Waals surface area (Å²) in [7, 11) is 0. The molecule has 0 unspecified atom stereocenters. The number of hydrogen-bond acceptors (Lipinski definition) is 4. The van der Waals surface area contributed by atoms with Gasteiger partial charge in [-0.1, -0.05) is 25.0 Å². The fraction of sp³-hybridized carbons (Fsp3) is 0.308. The Morgan fingerprint density at radius 3 is 2.46 bits per heavy atom. The second kappa shape index (κ2) is 10.9. The fourth-order valence-corrected chi connectivity index (χ4v) is 4.36. The molecule has 37 heavy (non-hydrogen) atoms. The second-order valence-electron chi connectivity index (χ2n) is 8.85. The third-order valence-corrected chi connectivity index (χ3v) is 6.23. The first-order valence-corrected chi connectivity index (χ1v) is 11.8. The number of fused-ring (bicyclic) bond motifs is 1. The lowest BCUT2D eigenvalue weighted by molar-refractivity contribution is -0.192. The molecule has 2 amide bonds. The van der Waals surface area contributed by atoms with Gasteiger partial charge in [-0.15, -0.1) is 0 Å². The van der Waals surface area contributed by atoms with Crippen molar-refractivity contribution in [1.82, 2.24) is 20.6 Å². The van der Waals surface area contributed by atoms with Gasteiger partial charge >= 0.3 is 12.1 Å². The first kappa shape index (κ1) is 25.9. The van der Waals surface area contributed by atoms with Crippen molar-refractivity contribution in [3.05, 3.63) is 65.5 Å². The van der Waals surface area contributed by atoms with Gasteiger partial charge in [0.25, 0.3) is 11.8 Å². The first-order valence-electron chi connectivity index (χ1n) is 11.8. The number of H-pyrrole nitrogens is 1. The Hall–Kier alpha value is -4.15. The van der Waals surface area contributed by atoms with Gasteiger partial charge in [0.05, 0.1) is 11.3 Å². The molecule has 194 valence electrons. The number of carbonyl (C=O) groups is 3. The number of carboxylic acids is 1. The number of amides is 2. The molecule has 1 aliphatic heterocycles. The van der Waals surface area contributed by atoms with Crippen LogP contribution in [-0.2, 0) is 11.2 Å². The van der Waals surface area contributed by atoms with E-state index in [9.17, 15) is 22.8 Å². The standard InChI is InChI=1S/C24H24N4O2.C2HF3O2/c29-23(27-18-6-1-2-7-18)17-5-3-4-15(12-17)21-13-16(8-10-25-21)22-14-19-20(28-22)9-11-26-24(19)30;3-2(4,5)1(6)7/h3-5,8,10,12-14,18,28H,1-2,6-7,9,11H2,(H,26,30)(H,27,29);(H,6,7). The van der Waals surface area contributed by atoms with Crippen molar-refractivity contribution in [3.63, 3.8) is 0 Å². The summed E-state index contributed by atoms with van der Waals surface area (Å²) in [6.07, 6.45) is 1.98. The molecule has 11 heteroatoms. The van der Waals surface area contributed by atoms with E-state index >= 15 is 0 Å². The summed E-state index contributed by atoms with van der Waals surface area (Å²) in [6, 6.07) is 13.7. The van der Waals surface area contributed by atoms with Gasteiger partial charge in [0.15, 0.2) is 0 Å². The van der Waals surface area contributed by atoms with E-state index in [0.29, 0.717) is 23.7 Å². The zero-order chi connectivity index (χ0) is 26.6. The van der Waals surface area contributed by atoms with Gasteiger partial charge in [0.1, 0.15) is 0 Å². The normalized spacial score (nSPS) is 15.3. The molecule has 8 nitrogen and oxygen atoms in total. The number of nitrogens with one attached hydrogen (secondary N) is 3. The lowest BCUT2D eigenvalue weighted by Crippen LogP contribution is -2.32. The first-order chi connectivity index (χ1) is 17.6. The van der Waals surface area contributed by atoms with Gasteiger partial charge in [0.2, 0.25) is 0 Å². The van der Waals surface area contributed by atoms with Crippen LogP contribution >= 0.6 is 0 Å². The van der Waals surface area contributed by atoms with E-state index in [2.05, 4.69) is 20.6 Å². The number of rotatable bonds is 4. The van der Waals surface area contributed by atoms with Crippen LogP contribution in [0.2, 0.25) is 0 Å². The van der Waals surface area contributed by atoms with Gasteiger partial charge < -0.3 is 20.7 Å². The molecule has 0 saturated heterocycles. The van der Waals surface area contributed by atoms with Crippen LogP contribution < -0.4 is 10.6 Å². The van der Waals surface area contributed by atoms with Gasteiger partial charge in [-0.2, -0.15) is 13.2 Å². The number of halogens is 3. The number of pyridine rings is 1. The maximum absolute atomic E-state index is 12.6. The molecule has 5 rings (SSSR count). The number of aromatic nitrogens is 2. The van der Waals surface area contributed by atoms with E-state index in [0.717, 1.165) is 47.5 Å². The number of carboxylic acid groups (broad SMARTS) is 1. The second-order valence-corrected chi connectivity index (χ2v) is 8.85. The van der Waals surface area contributed by atoms with E-state index in [1.807, 2.05) is 42.5 Å². The average Bonchev–Trinajstić information content (AvgIpc) is 3.55. The highest BCUT2D eigenvalue weighted by molar-refractivity contribution is 5.98. The molecule has 1 saturated carbocycles. The number of benzene rings is 1. The van der Waals surface area contributed by atoms with Gasteiger partial charge in [-0.05, 0) is 43.2 Å². The monoisotopic (exact) mass is 514 g/mol. The van der Waals surface area contributed by atoms with Crippen molar-refractivity contribution in [2.75, 3.05) is 6.54 Å². The van der Waals surface area contributed by atoms with E-state index < -0.39 is 12.1 Å². The maximum atomic E-state index is 12.6. The summed E-state index contributed by atoms with van der Waals surface area (Å²) in [6.45, 7) is 0.656. The predicted molar refractivity (Wildman–Crippen MR) is 129 cm³/mol. The molecular formula is C26H25F3N4O4. The fourth-order valence-electron chi connectivity index (χ4n) is 4.36. The molecule has 1 aromatic carbocycles. The zero-order valence-corrected chi connectivity index (χ0v) is 19.7. The molecule has 3 aromatic rings. The number of hydrogen-bond donors (Lipinski definition) is 4.